The fourth-order valence-electron chi connectivity index (χ4n) is 0.926. The summed E-state index contributed by atoms with van der Waals surface area (Å²) in [6, 6.07) is 0. The lowest BCUT2D eigenvalue weighted by Crippen LogP contribution is -2.31. The molecule has 1 saturated heterocycles. The zero-order valence-corrected chi connectivity index (χ0v) is 6.77. The zero-order valence-electron chi connectivity index (χ0n) is 5.96. The number of nitrogens with zero attached hydrogens (tertiary/aromatic N) is 1. The average molecular weight is 159 g/mol. The maximum Gasteiger partial charge on any atom is 0.220 e. The molecule has 1 rings (SSSR count). The molecule has 1 aliphatic heterocycles. The normalized spacial score (nSPS) is 25.6. The zero-order chi connectivity index (χ0) is 7.72. The maximum absolute atomic E-state index is 10.8. The second kappa shape index (κ2) is 2.62. The third-order valence-corrected chi connectivity index (χ3v) is 2.43. The van der Waals surface area contributed by atoms with Gasteiger partial charge in [0.05, 0.1) is 11.9 Å². The lowest BCUT2D eigenvalue weighted by atomic mass is 10.5. The molecule has 1 heterocycles. The van der Waals surface area contributed by atoms with Crippen molar-refractivity contribution < 1.29 is 9.59 Å². The van der Waals surface area contributed by atoms with Crippen LogP contribution in [-0.4, -0.2) is 27.8 Å². The summed E-state index contributed by atoms with van der Waals surface area (Å²) in [4.78, 5) is 23.1. The Hall–Kier alpha value is -0.510. The minimum atomic E-state index is -0.0224. The SMILES string of the molecule is CC(=O)N1CC(=O)SC1C. The number of rotatable bonds is 0. The van der Waals surface area contributed by atoms with E-state index >= 15 is 0 Å². The Morgan fingerprint density at radius 2 is 2.40 bits per heavy atom. The van der Waals surface area contributed by atoms with Gasteiger partial charge in [-0.3, -0.25) is 9.59 Å². The smallest absolute Gasteiger partial charge is 0.220 e. The highest BCUT2D eigenvalue weighted by atomic mass is 32.2. The van der Waals surface area contributed by atoms with Gasteiger partial charge in [-0.05, 0) is 6.92 Å². The second-order valence-corrected chi connectivity index (χ2v) is 3.61. The highest BCUT2D eigenvalue weighted by Crippen LogP contribution is 2.23. The summed E-state index contributed by atoms with van der Waals surface area (Å²) in [6.45, 7) is 3.62. The topological polar surface area (TPSA) is 37.4 Å². The third-order valence-electron chi connectivity index (χ3n) is 1.44. The van der Waals surface area contributed by atoms with Crippen LogP contribution in [0.4, 0.5) is 0 Å². The molecule has 0 aliphatic carbocycles. The van der Waals surface area contributed by atoms with Crippen LogP contribution in [0.5, 0.6) is 0 Å². The van der Waals surface area contributed by atoms with Gasteiger partial charge in [-0.2, -0.15) is 0 Å². The van der Waals surface area contributed by atoms with Crippen LogP contribution in [0.15, 0.2) is 0 Å². The van der Waals surface area contributed by atoms with Crippen LogP contribution in [0.25, 0.3) is 0 Å². The molecule has 0 aromatic rings. The van der Waals surface area contributed by atoms with Crippen molar-refractivity contribution in [2.75, 3.05) is 6.54 Å². The van der Waals surface area contributed by atoms with Gasteiger partial charge in [0, 0.05) is 6.92 Å². The molecule has 10 heavy (non-hydrogen) atoms. The Balaban J connectivity index is 2.63. The van der Waals surface area contributed by atoms with Gasteiger partial charge >= 0.3 is 0 Å². The highest BCUT2D eigenvalue weighted by Gasteiger charge is 2.29. The fourth-order valence-corrected chi connectivity index (χ4v) is 1.87. The Morgan fingerprint density at radius 3 is 2.60 bits per heavy atom. The van der Waals surface area contributed by atoms with E-state index < -0.39 is 0 Å². The van der Waals surface area contributed by atoms with E-state index in [0.29, 0.717) is 0 Å². The van der Waals surface area contributed by atoms with Gasteiger partial charge in [0.25, 0.3) is 0 Å². The summed E-state index contributed by atoms with van der Waals surface area (Å²) in [5.41, 5.74) is 0. The van der Waals surface area contributed by atoms with Crippen LogP contribution in [0.3, 0.4) is 0 Å². The molecule has 0 bridgehead atoms. The van der Waals surface area contributed by atoms with Crippen LogP contribution in [-0.2, 0) is 9.59 Å². The monoisotopic (exact) mass is 159 g/mol. The van der Waals surface area contributed by atoms with Gasteiger partial charge in [0.15, 0.2) is 0 Å². The van der Waals surface area contributed by atoms with Crippen LogP contribution < -0.4 is 0 Å². The Labute approximate surface area is 63.8 Å². The number of carbonyl (C=O) groups is 2. The van der Waals surface area contributed by atoms with Crippen molar-refractivity contribution in [3.05, 3.63) is 0 Å². The second-order valence-electron chi connectivity index (χ2n) is 2.24. The summed E-state index contributed by atoms with van der Waals surface area (Å²) in [6.07, 6.45) is 0. The van der Waals surface area contributed by atoms with E-state index in [2.05, 4.69) is 0 Å². The molecule has 0 aromatic heterocycles. The summed E-state index contributed by atoms with van der Waals surface area (Å²) >= 11 is 1.22. The minimum Gasteiger partial charge on any atom is -0.323 e. The molecule has 1 unspecified atom stereocenters. The van der Waals surface area contributed by atoms with Crippen molar-refractivity contribution in [3.8, 4) is 0 Å². The molecule has 1 fully saturated rings. The molecular weight excluding hydrogens is 150 g/mol. The Kier molecular flexibility index (Phi) is 1.99. The quantitative estimate of drug-likeness (QED) is 0.515. The van der Waals surface area contributed by atoms with E-state index in [4.69, 9.17) is 0 Å². The molecule has 1 atom stereocenters. The van der Waals surface area contributed by atoms with E-state index in [0.717, 1.165) is 0 Å². The molecule has 0 radical (unpaired) electrons. The van der Waals surface area contributed by atoms with Crippen molar-refractivity contribution >= 4 is 22.8 Å². The molecule has 0 saturated carbocycles. The van der Waals surface area contributed by atoms with E-state index in [1.807, 2.05) is 6.92 Å². The first-order chi connectivity index (χ1) is 4.61. The molecule has 1 amide bonds. The standard InChI is InChI=1S/C6H9NO2S/c1-4(8)7-3-6(9)10-5(7)2/h5H,3H2,1-2H3. The Morgan fingerprint density at radius 1 is 1.80 bits per heavy atom. The lowest BCUT2D eigenvalue weighted by molar-refractivity contribution is -0.130. The minimum absolute atomic E-state index is 0.0224. The van der Waals surface area contributed by atoms with Crippen molar-refractivity contribution in [2.24, 2.45) is 0 Å². The van der Waals surface area contributed by atoms with E-state index in [-0.39, 0.29) is 22.9 Å². The first kappa shape index (κ1) is 7.60. The molecule has 4 heteroatoms. The maximum atomic E-state index is 10.8. The summed E-state index contributed by atoms with van der Waals surface area (Å²) in [5, 5.41) is 0.118. The summed E-state index contributed by atoms with van der Waals surface area (Å²) < 4.78 is 0. The fraction of sp³-hybridized carbons (Fsp3) is 0.667. The van der Waals surface area contributed by atoms with Crippen molar-refractivity contribution in [1.82, 2.24) is 4.90 Å². The van der Waals surface area contributed by atoms with Crippen molar-refractivity contribution in [2.45, 2.75) is 19.2 Å². The molecule has 0 N–H and O–H groups in total. The van der Waals surface area contributed by atoms with Gasteiger partial charge in [-0.15, -0.1) is 0 Å². The summed E-state index contributed by atoms with van der Waals surface area (Å²) in [7, 11) is 0. The predicted octanol–water partition coefficient (Wildman–Crippen LogP) is 0.454. The molecule has 0 spiro atoms. The highest BCUT2D eigenvalue weighted by molar-refractivity contribution is 8.14. The van der Waals surface area contributed by atoms with E-state index in [9.17, 15) is 9.59 Å². The van der Waals surface area contributed by atoms with Crippen LogP contribution in [0, 0.1) is 0 Å². The van der Waals surface area contributed by atoms with Gasteiger partial charge in [0.2, 0.25) is 11.0 Å². The van der Waals surface area contributed by atoms with Crippen molar-refractivity contribution in [1.29, 1.82) is 0 Å². The van der Waals surface area contributed by atoms with Gasteiger partial charge in [-0.1, -0.05) is 11.8 Å². The van der Waals surface area contributed by atoms with Gasteiger partial charge in [0.1, 0.15) is 0 Å². The van der Waals surface area contributed by atoms with Gasteiger partial charge < -0.3 is 4.90 Å². The van der Waals surface area contributed by atoms with Crippen LogP contribution in [0.2, 0.25) is 0 Å². The molecule has 0 aromatic carbocycles. The average Bonchev–Trinajstić information content (AvgIpc) is 2.10. The number of thioether (sulfide) groups is 1. The first-order valence-electron chi connectivity index (χ1n) is 3.08. The number of hydrogen-bond donors (Lipinski definition) is 0. The van der Waals surface area contributed by atoms with Gasteiger partial charge in [-0.25, -0.2) is 0 Å². The molecule has 3 nitrogen and oxygen atoms in total. The largest absolute Gasteiger partial charge is 0.323 e. The van der Waals surface area contributed by atoms with Crippen LogP contribution >= 0.6 is 11.8 Å². The van der Waals surface area contributed by atoms with Crippen LogP contribution in [0.1, 0.15) is 13.8 Å². The molecule has 56 valence electrons. The first-order valence-corrected chi connectivity index (χ1v) is 3.96. The predicted molar refractivity (Wildman–Crippen MR) is 39.4 cm³/mol. The van der Waals surface area contributed by atoms with Crippen molar-refractivity contribution in [3.63, 3.8) is 0 Å². The number of amides is 1. The summed E-state index contributed by atoms with van der Waals surface area (Å²) in [5.74, 6) is -0.0224. The van der Waals surface area contributed by atoms with E-state index in [1.54, 1.807) is 4.90 Å². The molecular formula is C6H9NO2S. The number of hydrogen-bond acceptors (Lipinski definition) is 3. The third kappa shape index (κ3) is 1.31. The number of carbonyl (C=O) groups excluding carboxylic acids is 2. The lowest BCUT2D eigenvalue weighted by Gasteiger charge is -2.15. The van der Waals surface area contributed by atoms with E-state index in [1.165, 1.54) is 18.7 Å². The Bertz CT molecular complexity index is 181. The molecule has 1 aliphatic rings.